The van der Waals surface area contributed by atoms with E-state index < -0.39 is 0 Å². The average Bonchev–Trinajstić information content (AvgIpc) is 1.54. The van der Waals surface area contributed by atoms with Gasteiger partial charge in [0.2, 0.25) is 0 Å². The molecule has 0 saturated carbocycles. The third kappa shape index (κ3) is 10.3. The summed E-state index contributed by atoms with van der Waals surface area (Å²) in [6.45, 7) is 14.3. The van der Waals surface area contributed by atoms with Gasteiger partial charge < -0.3 is 13.7 Å². The highest BCUT2D eigenvalue weighted by Gasteiger charge is 2.41. The van der Waals surface area contributed by atoms with Gasteiger partial charge in [0.1, 0.15) is 0 Å². The summed E-state index contributed by atoms with van der Waals surface area (Å²) in [6.07, 6.45) is 0. The summed E-state index contributed by atoms with van der Waals surface area (Å²) >= 11 is 0. The first kappa shape index (κ1) is 74.8. The van der Waals surface area contributed by atoms with Crippen LogP contribution in [0.2, 0.25) is 0 Å². The van der Waals surface area contributed by atoms with Gasteiger partial charge >= 0.3 is 0 Å². The molecule has 0 spiro atoms. The molecular formula is C129H87N3. The topological polar surface area (TPSA) is 14.8 Å². The Morgan fingerprint density at radius 1 is 0.136 bits per heavy atom. The van der Waals surface area contributed by atoms with Crippen molar-refractivity contribution in [1.82, 2.24) is 13.7 Å². The van der Waals surface area contributed by atoms with Crippen LogP contribution in [-0.4, -0.2) is 13.7 Å². The van der Waals surface area contributed by atoms with Crippen LogP contribution in [0.15, 0.2) is 419 Å². The molecule has 30 rings (SSSR count). The molecule has 3 heterocycles. The molecule has 0 N–H and O–H groups in total. The number of benzene rings is 24. The highest BCUT2D eigenvalue weighted by molar-refractivity contribution is 6.40. The number of para-hydroxylation sites is 4. The van der Waals surface area contributed by atoms with Crippen LogP contribution in [-0.2, 0) is 16.2 Å². The van der Waals surface area contributed by atoms with Crippen LogP contribution >= 0.6 is 0 Å². The molecular weight excluding hydrogens is 1590 g/mol. The molecule has 0 saturated heterocycles. The molecule has 0 bridgehead atoms. The number of hydrogen-bond acceptors (Lipinski definition) is 0. The van der Waals surface area contributed by atoms with E-state index in [0.717, 1.165) is 0 Å². The number of aromatic nitrogens is 3. The average molecular weight is 1680 g/mol. The van der Waals surface area contributed by atoms with Crippen molar-refractivity contribution in [2.24, 2.45) is 0 Å². The first-order chi connectivity index (χ1) is 64.8. The second kappa shape index (κ2) is 27.4. The Bertz CT molecular complexity index is 9790. The van der Waals surface area contributed by atoms with E-state index in [-0.39, 0.29) is 16.2 Å². The van der Waals surface area contributed by atoms with Crippen molar-refractivity contribution < 1.29 is 0 Å². The van der Waals surface area contributed by atoms with E-state index in [1.54, 1.807) is 0 Å². The molecule has 0 amide bonds. The zero-order valence-electron chi connectivity index (χ0n) is 74.2. The smallest absolute Gasteiger partial charge is 0.0547 e. The summed E-state index contributed by atoms with van der Waals surface area (Å²) in [4.78, 5) is 0. The van der Waals surface area contributed by atoms with Gasteiger partial charge in [-0.3, -0.25) is 0 Å². The predicted molar refractivity (Wildman–Crippen MR) is 565 cm³/mol. The zero-order valence-corrected chi connectivity index (χ0v) is 74.2. The molecule has 3 aromatic heterocycles. The fourth-order valence-corrected chi connectivity index (χ4v) is 24.9. The molecule has 3 aliphatic carbocycles. The normalized spacial score (nSPS) is 13.9. The Morgan fingerprint density at radius 2 is 0.432 bits per heavy atom. The van der Waals surface area contributed by atoms with Crippen LogP contribution < -0.4 is 0 Å². The van der Waals surface area contributed by atoms with E-state index in [4.69, 9.17) is 0 Å². The summed E-state index contributed by atoms with van der Waals surface area (Å²) in [5.41, 5.74) is 27.4. The Morgan fingerprint density at radius 3 is 0.939 bits per heavy atom. The van der Waals surface area contributed by atoms with Crippen LogP contribution in [0.3, 0.4) is 0 Å². The van der Waals surface area contributed by atoms with Gasteiger partial charge in [0, 0.05) is 71.0 Å². The van der Waals surface area contributed by atoms with Gasteiger partial charge in [-0.2, -0.15) is 0 Å². The molecule has 0 atom stereocenters. The quantitative estimate of drug-likeness (QED) is 0.157. The predicted octanol–water partition coefficient (Wildman–Crippen LogP) is 35.1. The Labute approximate surface area is 763 Å². The zero-order chi connectivity index (χ0) is 87.5. The largest absolute Gasteiger partial charge is 0.309 e. The first-order valence-electron chi connectivity index (χ1n) is 46.6. The molecule has 0 fully saturated rings. The second-order valence-corrected chi connectivity index (χ2v) is 38.7. The number of hydrogen-bond donors (Lipinski definition) is 0. The van der Waals surface area contributed by atoms with Gasteiger partial charge in [0.15, 0.2) is 0 Å². The van der Waals surface area contributed by atoms with E-state index >= 15 is 0 Å². The maximum Gasteiger partial charge on any atom is 0.0547 e. The molecule has 3 aliphatic rings. The van der Waals surface area contributed by atoms with Crippen LogP contribution in [0.25, 0.3) is 245 Å². The minimum atomic E-state index is -0.139. The fourth-order valence-electron chi connectivity index (χ4n) is 24.9. The third-order valence-corrected chi connectivity index (χ3v) is 31.0. The Hall–Kier alpha value is -16.2. The Kier molecular flexibility index (Phi) is 15.6. The van der Waals surface area contributed by atoms with Gasteiger partial charge in [-0.05, 0) is 300 Å². The molecule has 618 valence electrons. The number of rotatable bonds is 3. The number of fused-ring (bicyclic) bond motifs is 43. The van der Waals surface area contributed by atoms with Crippen LogP contribution in [0.5, 0.6) is 0 Å². The summed E-state index contributed by atoms with van der Waals surface area (Å²) in [7, 11) is 0. The van der Waals surface area contributed by atoms with Crippen LogP contribution in [0.4, 0.5) is 0 Å². The molecule has 0 aliphatic heterocycles. The summed E-state index contributed by atoms with van der Waals surface area (Å²) < 4.78 is 7.43. The minimum absolute atomic E-state index is 0.0614. The Balaban J connectivity index is 0.0000000991. The SMILES string of the molecule is CC1(C)c2cc3c4ccccc4c4ccc5ccccc5c4c3cc2-c2cc3c4ccccc4n(-c4ccccc4)c3cc21.CC1(C)c2ccccc2-c2cc3c4c5c(ccc4n(-c4ccccc4)c3cc21)c1ccccc1c1c2ccccc2ccc15.CC1(C)c2ccccc2-c2cc3c4cc5c6ccccc6c6ccc7ccccc7c6c5cc4n(-c4ccccc4)c3cc21. The molecule has 24 aromatic carbocycles. The van der Waals surface area contributed by atoms with Gasteiger partial charge in [0.05, 0.1) is 33.1 Å². The van der Waals surface area contributed by atoms with Crippen molar-refractivity contribution in [3.8, 4) is 50.4 Å². The van der Waals surface area contributed by atoms with E-state index in [0.29, 0.717) is 0 Å². The minimum Gasteiger partial charge on any atom is -0.309 e. The van der Waals surface area contributed by atoms with E-state index in [1.165, 1.54) is 279 Å². The summed E-state index contributed by atoms with van der Waals surface area (Å²) in [5.74, 6) is 0. The van der Waals surface area contributed by atoms with Crippen molar-refractivity contribution in [2.75, 3.05) is 0 Å². The first-order valence-corrected chi connectivity index (χ1v) is 46.6. The van der Waals surface area contributed by atoms with Crippen molar-refractivity contribution >= 4 is 195 Å². The second-order valence-electron chi connectivity index (χ2n) is 38.7. The van der Waals surface area contributed by atoms with Crippen molar-refractivity contribution in [2.45, 2.75) is 57.8 Å². The lowest BCUT2D eigenvalue weighted by atomic mass is 9.80. The van der Waals surface area contributed by atoms with Crippen molar-refractivity contribution in [3.05, 3.63) is 452 Å². The monoisotopic (exact) mass is 1680 g/mol. The van der Waals surface area contributed by atoms with Gasteiger partial charge in [-0.15, -0.1) is 0 Å². The lowest BCUT2D eigenvalue weighted by Crippen LogP contribution is -2.15. The van der Waals surface area contributed by atoms with E-state index in [1.807, 2.05) is 0 Å². The lowest BCUT2D eigenvalue weighted by molar-refractivity contribution is 0.661. The fraction of sp³-hybridized carbons (Fsp3) is 0.0698. The molecule has 27 aromatic rings. The van der Waals surface area contributed by atoms with E-state index in [9.17, 15) is 0 Å². The lowest BCUT2D eigenvalue weighted by Gasteiger charge is -2.23. The highest BCUT2D eigenvalue weighted by Crippen LogP contribution is 2.58. The maximum atomic E-state index is 2.52. The van der Waals surface area contributed by atoms with Crippen LogP contribution in [0.1, 0.15) is 74.9 Å². The molecule has 0 radical (unpaired) electrons. The van der Waals surface area contributed by atoms with Gasteiger partial charge in [0.25, 0.3) is 0 Å². The standard InChI is InChI=1S/3C43H29N/c1-43(2)36-19-11-10-17-30(36)34-24-35-39(25-37(34)43)44(27-13-4-3-5-14-27)38-23-22-32-29-16-8-9-18-31(29)40-28-15-7-6-12-26(28)20-21-33(40)41(32)42(35)38;1-43(2)38-24-33-30-17-9-8-16-29(30)32-21-20-26-12-6-7-15-28(26)42(32)37(33)23-35(38)34-22-36-31-18-10-11-19-40(31)44(41(36)25-39(34)43)27-13-4-3-5-14-27;1-43(2)38-19-11-10-18-31(38)34-23-36-35-22-33-30-17-9-8-16-29(30)32-21-20-26-12-6-7-15-28(26)42(32)37(33)24-40(35)44(41(36)25-39(34)43)27-13-4-3-5-14-27/h3*3-25H,1-2H3. The van der Waals surface area contributed by atoms with Crippen LogP contribution in [0, 0.1) is 0 Å². The highest BCUT2D eigenvalue weighted by atomic mass is 15.0. The van der Waals surface area contributed by atoms with Gasteiger partial charge in [-0.25, -0.2) is 0 Å². The van der Waals surface area contributed by atoms with Crippen molar-refractivity contribution in [3.63, 3.8) is 0 Å². The van der Waals surface area contributed by atoms with Gasteiger partial charge in [-0.1, -0.05) is 351 Å². The molecule has 3 nitrogen and oxygen atoms in total. The van der Waals surface area contributed by atoms with E-state index in [2.05, 4.69) is 474 Å². The maximum absolute atomic E-state index is 2.52. The van der Waals surface area contributed by atoms with Crippen molar-refractivity contribution in [1.29, 1.82) is 0 Å². The molecule has 3 heteroatoms. The molecule has 0 unspecified atom stereocenters. The third-order valence-electron chi connectivity index (χ3n) is 31.0. The summed E-state index contributed by atoms with van der Waals surface area (Å²) in [6, 6.07) is 156. The number of nitrogens with zero attached hydrogens (tertiary/aromatic N) is 3. The molecule has 132 heavy (non-hydrogen) atoms. The summed E-state index contributed by atoms with van der Waals surface area (Å²) in [5, 5.41) is 39.4.